The molecule has 2 unspecified atom stereocenters. The van der Waals surface area contributed by atoms with Crippen LogP contribution in [0.5, 0.6) is 0 Å². The molecule has 0 aromatic carbocycles. The summed E-state index contributed by atoms with van der Waals surface area (Å²) in [4.78, 5) is 9.60. The number of aliphatic hydroxyl groups is 1. The molecule has 5 heteroatoms. The Kier molecular flexibility index (Phi) is 4.74. The molecule has 2 aliphatic carbocycles. The van der Waals surface area contributed by atoms with Crippen molar-refractivity contribution in [2.75, 3.05) is 13.2 Å². The zero-order chi connectivity index (χ0) is 18.2. The van der Waals surface area contributed by atoms with Gasteiger partial charge in [-0.25, -0.2) is 4.98 Å². The number of fused-ring (bicyclic) bond motifs is 3. The van der Waals surface area contributed by atoms with E-state index in [2.05, 4.69) is 21.7 Å². The van der Waals surface area contributed by atoms with Gasteiger partial charge in [0.1, 0.15) is 0 Å². The number of nitrogens with zero attached hydrogens (tertiary/aromatic N) is 3. The van der Waals surface area contributed by atoms with Gasteiger partial charge in [0.05, 0.1) is 36.0 Å². The van der Waals surface area contributed by atoms with Crippen LogP contribution in [0.4, 0.5) is 0 Å². The molecule has 2 aromatic rings. The summed E-state index contributed by atoms with van der Waals surface area (Å²) in [5.74, 6) is 0.902. The van der Waals surface area contributed by atoms with E-state index in [4.69, 9.17) is 9.72 Å². The number of allylic oxidation sites excluding steroid dienone is 2. The smallest absolute Gasteiger partial charge is 0.156 e. The Hall–Kier alpha value is -1.72. The first-order valence-electron chi connectivity index (χ1n) is 10.6. The zero-order valence-electron chi connectivity index (χ0n) is 15.9. The van der Waals surface area contributed by atoms with Crippen LogP contribution in [0.3, 0.4) is 0 Å². The number of aromatic nitrogens is 3. The number of hydrogen-bond acceptors (Lipinski definition) is 4. The molecule has 0 radical (unpaired) electrons. The van der Waals surface area contributed by atoms with Crippen molar-refractivity contribution < 1.29 is 9.84 Å². The van der Waals surface area contributed by atoms with Gasteiger partial charge < -0.3 is 9.84 Å². The fourth-order valence-electron chi connectivity index (χ4n) is 5.04. The van der Waals surface area contributed by atoms with Gasteiger partial charge in [-0.05, 0) is 37.7 Å². The third-order valence-corrected chi connectivity index (χ3v) is 6.69. The van der Waals surface area contributed by atoms with Crippen molar-refractivity contribution in [3.8, 4) is 0 Å². The molecule has 3 aliphatic rings. The highest BCUT2D eigenvalue weighted by Crippen LogP contribution is 2.35. The molecule has 2 fully saturated rings. The Morgan fingerprint density at radius 1 is 1.22 bits per heavy atom. The number of hydrogen-bond donors (Lipinski definition) is 1. The summed E-state index contributed by atoms with van der Waals surface area (Å²) in [5, 5.41) is 10.5. The fourth-order valence-corrected chi connectivity index (χ4v) is 5.04. The highest BCUT2D eigenvalue weighted by atomic mass is 16.5. The van der Waals surface area contributed by atoms with Crippen LogP contribution >= 0.6 is 0 Å². The van der Waals surface area contributed by atoms with Gasteiger partial charge in [-0.15, -0.1) is 0 Å². The normalized spacial score (nSPS) is 24.3. The molecule has 2 aromatic heterocycles. The molecular formula is C22H29N3O2. The van der Waals surface area contributed by atoms with E-state index in [1.807, 2.05) is 6.20 Å². The second kappa shape index (κ2) is 7.36. The molecule has 144 valence electrons. The molecule has 1 N–H and O–H groups in total. The summed E-state index contributed by atoms with van der Waals surface area (Å²) in [6, 6.07) is 0. The van der Waals surface area contributed by atoms with Crippen LogP contribution in [0.25, 0.3) is 11.2 Å². The van der Waals surface area contributed by atoms with Crippen molar-refractivity contribution in [2.24, 2.45) is 5.92 Å². The molecule has 0 amide bonds. The second-order valence-corrected chi connectivity index (χ2v) is 8.45. The molecule has 3 heterocycles. The van der Waals surface area contributed by atoms with Crippen LogP contribution in [0.2, 0.25) is 0 Å². The van der Waals surface area contributed by atoms with E-state index in [1.54, 1.807) is 0 Å². The maximum atomic E-state index is 10.5. The molecular weight excluding hydrogens is 338 g/mol. The number of imidazole rings is 1. The van der Waals surface area contributed by atoms with Gasteiger partial charge in [-0.1, -0.05) is 25.3 Å². The third kappa shape index (κ3) is 3.32. The molecule has 27 heavy (non-hydrogen) atoms. The van der Waals surface area contributed by atoms with Crippen molar-refractivity contribution in [3.05, 3.63) is 35.6 Å². The zero-order valence-corrected chi connectivity index (χ0v) is 15.9. The quantitative estimate of drug-likeness (QED) is 0.871. The monoisotopic (exact) mass is 367 g/mol. The first-order valence-corrected chi connectivity index (χ1v) is 10.6. The molecule has 0 bridgehead atoms. The van der Waals surface area contributed by atoms with E-state index in [-0.39, 0.29) is 6.10 Å². The molecule has 5 nitrogen and oxygen atoms in total. The molecule has 1 saturated heterocycles. The topological polar surface area (TPSA) is 59.7 Å². The van der Waals surface area contributed by atoms with Gasteiger partial charge in [0.15, 0.2) is 5.65 Å². The maximum Gasteiger partial charge on any atom is 0.156 e. The van der Waals surface area contributed by atoms with E-state index >= 15 is 0 Å². The fraction of sp³-hybridized carbons (Fsp3) is 0.636. The van der Waals surface area contributed by atoms with Gasteiger partial charge in [-0.2, -0.15) is 0 Å². The molecule has 2 atom stereocenters. The summed E-state index contributed by atoms with van der Waals surface area (Å²) >= 11 is 0. The predicted molar refractivity (Wildman–Crippen MR) is 105 cm³/mol. The van der Waals surface area contributed by atoms with E-state index in [9.17, 15) is 5.11 Å². The summed E-state index contributed by atoms with van der Waals surface area (Å²) in [6.07, 6.45) is 16.3. The summed E-state index contributed by atoms with van der Waals surface area (Å²) < 4.78 is 7.69. The van der Waals surface area contributed by atoms with Gasteiger partial charge in [0.2, 0.25) is 0 Å². The highest BCUT2D eigenvalue weighted by molar-refractivity contribution is 5.71. The van der Waals surface area contributed by atoms with Crippen molar-refractivity contribution in [3.63, 3.8) is 0 Å². The van der Waals surface area contributed by atoms with Crippen LogP contribution in [0, 0.1) is 5.92 Å². The SMILES string of the molecule is OC(CCC1=CCc2ncc3nc(C4CCCCC4)cn3c21)C1CCOC1. The van der Waals surface area contributed by atoms with Gasteiger partial charge in [0.25, 0.3) is 0 Å². The lowest BCUT2D eigenvalue weighted by molar-refractivity contribution is 0.0860. The van der Waals surface area contributed by atoms with E-state index in [0.717, 1.165) is 43.6 Å². The molecule has 0 spiro atoms. The van der Waals surface area contributed by atoms with Crippen LogP contribution < -0.4 is 0 Å². The standard InChI is InChI=1S/C22H29N3O2/c26-20(17-10-11-27-14-17)9-7-16-6-8-18-22(16)25-13-19(24-21(25)12-23-18)15-4-2-1-3-5-15/h6,12-13,15,17,20,26H,1-5,7-11,14H2. The van der Waals surface area contributed by atoms with Crippen molar-refractivity contribution in [1.82, 2.24) is 14.4 Å². The Balaban J connectivity index is 1.37. The Bertz CT molecular complexity index is 845. The summed E-state index contributed by atoms with van der Waals surface area (Å²) in [5.41, 5.74) is 5.88. The Morgan fingerprint density at radius 3 is 2.93 bits per heavy atom. The Morgan fingerprint density at radius 2 is 2.11 bits per heavy atom. The van der Waals surface area contributed by atoms with E-state index in [1.165, 1.54) is 49.1 Å². The van der Waals surface area contributed by atoms with Gasteiger partial charge in [0, 0.05) is 31.1 Å². The average Bonchev–Trinajstić information content (AvgIpc) is 3.45. The number of rotatable bonds is 5. The number of aliphatic hydroxyl groups excluding tert-OH is 1. The van der Waals surface area contributed by atoms with Gasteiger partial charge >= 0.3 is 0 Å². The first-order chi connectivity index (χ1) is 13.3. The minimum absolute atomic E-state index is 0.273. The minimum Gasteiger partial charge on any atom is -0.393 e. The largest absolute Gasteiger partial charge is 0.393 e. The van der Waals surface area contributed by atoms with Crippen LogP contribution in [0.15, 0.2) is 18.5 Å². The van der Waals surface area contributed by atoms with E-state index in [0.29, 0.717) is 18.4 Å². The molecule has 5 rings (SSSR count). The predicted octanol–water partition coefficient (Wildman–Crippen LogP) is 3.89. The molecule has 1 aliphatic heterocycles. The van der Waals surface area contributed by atoms with Crippen LogP contribution in [-0.2, 0) is 11.2 Å². The lowest BCUT2D eigenvalue weighted by Crippen LogP contribution is -2.20. The second-order valence-electron chi connectivity index (χ2n) is 8.45. The summed E-state index contributed by atoms with van der Waals surface area (Å²) in [6.45, 7) is 1.49. The van der Waals surface area contributed by atoms with Crippen LogP contribution in [-0.4, -0.2) is 38.8 Å². The Labute approximate surface area is 160 Å². The average molecular weight is 367 g/mol. The van der Waals surface area contributed by atoms with Crippen molar-refractivity contribution >= 4 is 11.2 Å². The van der Waals surface area contributed by atoms with Crippen molar-refractivity contribution in [1.29, 1.82) is 0 Å². The molecule has 1 saturated carbocycles. The third-order valence-electron chi connectivity index (χ3n) is 6.69. The number of ether oxygens (including phenoxy) is 1. The minimum atomic E-state index is -0.273. The summed E-state index contributed by atoms with van der Waals surface area (Å²) in [7, 11) is 0. The van der Waals surface area contributed by atoms with Gasteiger partial charge in [-0.3, -0.25) is 9.38 Å². The van der Waals surface area contributed by atoms with Crippen molar-refractivity contribution in [2.45, 2.75) is 69.8 Å². The highest BCUT2D eigenvalue weighted by Gasteiger charge is 2.26. The van der Waals surface area contributed by atoms with Crippen LogP contribution in [0.1, 0.15) is 74.4 Å². The lowest BCUT2D eigenvalue weighted by Gasteiger charge is -2.19. The first kappa shape index (κ1) is 17.4. The maximum absolute atomic E-state index is 10.5. The lowest BCUT2D eigenvalue weighted by atomic mass is 9.87. The van der Waals surface area contributed by atoms with E-state index < -0.39 is 0 Å².